The Morgan fingerprint density at radius 3 is 2.62 bits per heavy atom. The zero-order valence-corrected chi connectivity index (χ0v) is 13.1. The van der Waals surface area contributed by atoms with E-state index in [1.54, 1.807) is 19.2 Å². The molecule has 1 amide bonds. The van der Waals surface area contributed by atoms with Gasteiger partial charge in [0.15, 0.2) is 0 Å². The van der Waals surface area contributed by atoms with Gasteiger partial charge in [0.05, 0.1) is 13.2 Å². The molecule has 1 N–H and O–H groups in total. The Morgan fingerprint density at radius 2 is 1.95 bits per heavy atom. The molecule has 21 heavy (non-hydrogen) atoms. The SMILES string of the molecule is COc1cc(C(=O)NC(C)c2ccccc2Cl)ccc1C. The summed E-state index contributed by atoms with van der Waals surface area (Å²) in [7, 11) is 1.59. The van der Waals surface area contributed by atoms with E-state index in [1.807, 2.05) is 44.2 Å². The molecule has 0 spiro atoms. The van der Waals surface area contributed by atoms with E-state index in [-0.39, 0.29) is 11.9 Å². The van der Waals surface area contributed by atoms with Crippen LogP contribution < -0.4 is 10.1 Å². The van der Waals surface area contributed by atoms with Gasteiger partial charge in [0.2, 0.25) is 0 Å². The minimum atomic E-state index is -0.168. The maximum Gasteiger partial charge on any atom is 0.251 e. The van der Waals surface area contributed by atoms with E-state index in [2.05, 4.69) is 5.32 Å². The number of halogens is 1. The van der Waals surface area contributed by atoms with E-state index in [1.165, 1.54) is 0 Å². The van der Waals surface area contributed by atoms with Crippen molar-refractivity contribution in [1.29, 1.82) is 0 Å². The number of carbonyl (C=O) groups excluding carboxylic acids is 1. The summed E-state index contributed by atoms with van der Waals surface area (Å²) in [6.07, 6.45) is 0. The number of hydrogen-bond donors (Lipinski definition) is 1. The van der Waals surface area contributed by atoms with Gasteiger partial charge in [0.1, 0.15) is 5.75 Å². The Bertz CT molecular complexity index is 655. The number of rotatable bonds is 4. The number of carbonyl (C=O) groups is 1. The van der Waals surface area contributed by atoms with Crippen molar-refractivity contribution in [2.75, 3.05) is 7.11 Å². The number of methoxy groups -OCH3 is 1. The van der Waals surface area contributed by atoms with Crippen LogP contribution in [0.15, 0.2) is 42.5 Å². The van der Waals surface area contributed by atoms with Gasteiger partial charge in [0, 0.05) is 10.6 Å². The molecule has 1 unspecified atom stereocenters. The minimum Gasteiger partial charge on any atom is -0.496 e. The van der Waals surface area contributed by atoms with E-state index in [9.17, 15) is 4.79 Å². The predicted octanol–water partition coefficient (Wildman–Crippen LogP) is 4.15. The fourth-order valence-corrected chi connectivity index (χ4v) is 2.44. The Labute approximate surface area is 129 Å². The molecule has 0 aliphatic rings. The molecule has 0 radical (unpaired) electrons. The second kappa shape index (κ2) is 6.64. The predicted molar refractivity (Wildman–Crippen MR) is 85.1 cm³/mol. The summed E-state index contributed by atoms with van der Waals surface area (Å²) in [5, 5.41) is 3.59. The largest absolute Gasteiger partial charge is 0.496 e. The highest BCUT2D eigenvalue weighted by Crippen LogP contribution is 2.23. The number of aryl methyl sites for hydroxylation is 1. The molecule has 0 aromatic heterocycles. The summed E-state index contributed by atoms with van der Waals surface area (Å²) >= 11 is 6.15. The van der Waals surface area contributed by atoms with Crippen LogP contribution >= 0.6 is 11.6 Å². The number of ether oxygens (including phenoxy) is 1. The topological polar surface area (TPSA) is 38.3 Å². The first-order chi connectivity index (χ1) is 10.0. The summed E-state index contributed by atoms with van der Waals surface area (Å²) in [6.45, 7) is 3.84. The summed E-state index contributed by atoms with van der Waals surface area (Å²) < 4.78 is 5.24. The lowest BCUT2D eigenvalue weighted by molar-refractivity contribution is 0.0939. The smallest absolute Gasteiger partial charge is 0.251 e. The second-order valence-corrected chi connectivity index (χ2v) is 5.31. The van der Waals surface area contributed by atoms with Crippen molar-refractivity contribution in [2.45, 2.75) is 19.9 Å². The molecule has 2 aromatic carbocycles. The lowest BCUT2D eigenvalue weighted by atomic mass is 10.1. The summed E-state index contributed by atoms with van der Waals surface area (Å²) in [5.74, 6) is 0.550. The number of amides is 1. The van der Waals surface area contributed by atoms with Gasteiger partial charge in [-0.3, -0.25) is 4.79 Å². The first kappa shape index (κ1) is 15.4. The molecule has 2 aromatic rings. The second-order valence-electron chi connectivity index (χ2n) is 4.90. The normalized spacial score (nSPS) is 11.8. The summed E-state index contributed by atoms with van der Waals surface area (Å²) in [4.78, 5) is 12.3. The molecule has 0 heterocycles. The highest BCUT2D eigenvalue weighted by Gasteiger charge is 2.14. The van der Waals surface area contributed by atoms with Gasteiger partial charge in [-0.15, -0.1) is 0 Å². The van der Waals surface area contributed by atoms with Crippen LogP contribution in [-0.4, -0.2) is 13.0 Å². The summed E-state index contributed by atoms with van der Waals surface area (Å²) in [6, 6.07) is 12.7. The maximum absolute atomic E-state index is 12.3. The van der Waals surface area contributed by atoms with Gasteiger partial charge in [-0.05, 0) is 43.2 Å². The van der Waals surface area contributed by atoms with E-state index < -0.39 is 0 Å². The third kappa shape index (κ3) is 3.56. The van der Waals surface area contributed by atoms with E-state index in [0.717, 1.165) is 11.1 Å². The fourth-order valence-electron chi connectivity index (χ4n) is 2.15. The van der Waals surface area contributed by atoms with Gasteiger partial charge in [-0.25, -0.2) is 0 Å². The Hall–Kier alpha value is -2.00. The maximum atomic E-state index is 12.3. The third-order valence-corrected chi connectivity index (χ3v) is 3.73. The van der Waals surface area contributed by atoms with Gasteiger partial charge >= 0.3 is 0 Å². The van der Waals surface area contributed by atoms with Crippen molar-refractivity contribution in [3.63, 3.8) is 0 Å². The quantitative estimate of drug-likeness (QED) is 0.921. The average Bonchev–Trinajstić information content (AvgIpc) is 2.48. The minimum absolute atomic E-state index is 0.152. The molecule has 0 fully saturated rings. The molecule has 0 aliphatic carbocycles. The molecular weight excluding hydrogens is 286 g/mol. The fraction of sp³-hybridized carbons (Fsp3) is 0.235. The van der Waals surface area contributed by atoms with Gasteiger partial charge in [-0.1, -0.05) is 35.9 Å². The highest BCUT2D eigenvalue weighted by molar-refractivity contribution is 6.31. The van der Waals surface area contributed by atoms with Crippen LogP contribution in [0.25, 0.3) is 0 Å². The van der Waals surface area contributed by atoms with Crippen molar-refractivity contribution in [3.8, 4) is 5.75 Å². The van der Waals surface area contributed by atoms with Crippen LogP contribution in [0, 0.1) is 6.92 Å². The first-order valence-electron chi connectivity index (χ1n) is 6.73. The number of benzene rings is 2. The standard InChI is InChI=1S/C17H18ClNO2/c1-11-8-9-13(10-16(11)21-3)17(20)19-12(2)14-6-4-5-7-15(14)18/h4-10,12H,1-3H3,(H,19,20). The van der Waals surface area contributed by atoms with E-state index in [0.29, 0.717) is 16.3 Å². The summed E-state index contributed by atoms with van der Waals surface area (Å²) in [5.41, 5.74) is 2.45. The van der Waals surface area contributed by atoms with Crippen molar-refractivity contribution in [3.05, 3.63) is 64.2 Å². The molecule has 0 bridgehead atoms. The van der Waals surface area contributed by atoms with Crippen LogP contribution in [0.5, 0.6) is 5.75 Å². The van der Waals surface area contributed by atoms with Crippen LogP contribution in [0.2, 0.25) is 5.02 Å². The molecule has 110 valence electrons. The number of nitrogens with one attached hydrogen (secondary N) is 1. The zero-order chi connectivity index (χ0) is 15.4. The zero-order valence-electron chi connectivity index (χ0n) is 12.3. The monoisotopic (exact) mass is 303 g/mol. The van der Waals surface area contributed by atoms with Crippen LogP contribution in [0.3, 0.4) is 0 Å². The van der Waals surface area contributed by atoms with E-state index in [4.69, 9.17) is 16.3 Å². The Balaban J connectivity index is 2.16. The lowest BCUT2D eigenvalue weighted by Crippen LogP contribution is -2.26. The molecular formula is C17H18ClNO2. The van der Waals surface area contributed by atoms with Gasteiger partial charge in [0.25, 0.3) is 5.91 Å². The lowest BCUT2D eigenvalue weighted by Gasteiger charge is -2.16. The van der Waals surface area contributed by atoms with Crippen LogP contribution in [0.4, 0.5) is 0 Å². The first-order valence-corrected chi connectivity index (χ1v) is 7.10. The number of hydrogen-bond acceptors (Lipinski definition) is 2. The van der Waals surface area contributed by atoms with E-state index >= 15 is 0 Å². The Kier molecular flexibility index (Phi) is 4.86. The van der Waals surface area contributed by atoms with Gasteiger partial charge < -0.3 is 10.1 Å². The van der Waals surface area contributed by atoms with Crippen LogP contribution in [0.1, 0.15) is 34.5 Å². The molecule has 4 heteroatoms. The molecule has 0 saturated carbocycles. The Morgan fingerprint density at radius 1 is 1.24 bits per heavy atom. The molecule has 3 nitrogen and oxygen atoms in total. The molecule has 2 rings (SSSR count). The van der Waals surface area contributed by atoms with Crippen molar-refractivity contribution in [2.24, 2.45) is 0 Å². The molecule has 1 atom stereocenters. The van der Waals surface area contributed by atoms with Crippen molar-refractivity contribution < 1.29 is 9.53 Å². The third-order valence-electron chi connectivity index (χ3n) is 3.39. The molecule has 0 aliphatic heterocycles. The molecule has 0 saturated heterocycles. The highest BCUT2D eigenvalue weighted by atomic mass is 35.5. The van der Waals surface area contributed by atoms with Crippen molar-refractivity contribution >= 4 is 17.5 Å². The van der Waals surface area contributed by atoms with Gasteiger partial charge in [-0.2, -0.15) is 0 Å². The van der Waals surface area contributed by atoms with Crippen LogP contribution in [-0.2, 0) is 0 Å². The van der Waals surface area contributed by atoms with Crippen molar-refractivity contribution in [1.82, 2.24) is 5.32 Å². The average molecular weight is 304 g/mol.